The molecule has 0 radical (unpaired) electrons. The second-order valence-electron chi connectivity index (χ2n) is 8.80. The summed E-state index contributed by atoms with van der Waals surface area (Å²) in [6.45, 7) is 4.82. The molecule has 4 aromatic rings. The molecule has 1 fully saturated rings. The summed E-state index contributed by atoms with van der Waals surface area (Å²) in [5.41, 5.74) is 2.64. The molecule has 0 spiro atoms. The van der Waals surface area contributed by atoms with Crippen molar-refractivity contribution in [2.45, 2.75) is 45.4 Å². The lowest BCUT2D eigenvalue weighted by Gasteiger charge is -2.19. The smallest absolute Gasteiger partial charge is 0.267 e. The number of pyridine rings is 2. The van der Waals surface area contributed by atoms with Gasteiger partial charge in [0.15, 0.2) is 0 Å². The number of nitrogens with one attached hydrogen (secondary N) is 2. The summed E-state index contributed by atoms with van der Waals surface area (Å²) in [6, 6.07) is 14.6. The van der Waals surface area contributed by atoms with Crippen LogP contribution in [0.1, 0.15) is 47.3 Å². The van der Waals surface area contributed by atoms with Crippen molar-refractivity contribution in [3.63, 3.8) is 0 Å². The van der Waals surface area contributed by atoms with Gasteiger partial charge in [0.25, 0.3) is 11.5 Å². The molecule has 4 heterocycles. The zero-order valence-electron chi connectivity index (χ0n) is 19.2. The fraction of sp³-hybridized carbons (Fsp3) is 0.308. The number of rotatable bonds is 5. The molecule has 5 rings (SSSR count). The Balaban J connectivity index is 1.67. The van der Waals surface area contributed by atoms with E-state index in [4.69, 9.17) is 15.1 Å². The van der Waals surface area contributed by atoms with Gasteiger partial charge in [0.2, 0.25) is 0 Å². The van der Waals surface area contributed by atoms with Crippen LogP contribution in [-0.4, -0.2) is 32.6 Å². The quantitative estimate of drug-likeness (QED) is 0.450. The van der Waals surface area contributed by atoms with E-state index in [0.29, 0.717) is 29.8 Å². The number of benzene rings is 1. The molecule has 1 aromatic carbocycles. The van der Waals surface area contributed by atoms with Crippen LogP contribution in [0.25, 0.3) is 16.7 Å². The minimum Gasteiger partial charge on any atom is -0.376 e. The Hall–Kier alpha value is -3.78. The third-order valence-electron chi connectivity index (χ3n) is 6.44. The van der Waals surface area contributed by atoms with Crippen molar-refractivity contribution >= 4 is 22.6 Å². The van der Waals surface area contributed by atoms with Crippen LogP contribution in [0.4, 0.5) is 0 Å². The van der Waals surface area contributed by atoms with E-state index >= 15 is 0 Å². The summed E-state index contributed by atoms with van der Waals surface area (Å²) in [4.78, 5) is 31.5. The molecule has 0 saturated carbocycles. The molecule has 1 amide bonds. The summed E-state index contributed by atoms with van der Waals surface area (Å²) >= 11 is 0. The minimum atomic E-state index is -0.405. The Morgan fingerprint density at radius 3 is 2.76 bits per heavy atom. The van der Waals surface area contributed by atoms with E-state index in [2.05, 4.69) is 5.32 Å². The van der Waals surface area contributed by atoms with Crippen LogP contribution in [0, 0.1) is 12.3 Å². The molecule has 8 nitrogen and oxygen atoms in total. The molecule has 34 heavy (non-hydrogen) atoms. The van der Waals surface area contributed by atoms with Gasteiger partial charge in [-0.3, -0.25) is 19.4 Å². The van der Waals surface area contributed by atoms with Gasteiger partial charge in [0.05, 0.1) is 29.6 Å². The molecule has 0 aliphatic carbocycles. The van der Waals surface area contributed by atoms with Gasteiger partial charge >= 0.3 is 0 Å². The van der Waals surface area contributed by atoms with E-state index in [9.17, 15) is 9.59 Å². The van der Waals surface area contributed by atoms with Gasteiger partial charge in [-0.15, -0.1) is 0 Å². The fourth-order valence-corrected chi connectivity index (χ4v) is 4.54. The molecule has 174 valence electrons. The molecule has 2 N–H and O–H groups in total. The zero-order valence-corrected chi connectivity index (χ0v) is 19.2. The van der Waals surface area contributed by atoms with Crippen LogP contribution in [0.3, 0.4) is 0 Å². The summed E-state index contributed by atoms with van der Waals surface area (Å²) in [6.07, 6.45) is 3.40. The molecule has 0 bridgehead atoms. The summed E-state index contributed by atoms with van der Waals surface area (Å²) in [7, 11) is 0. The van der Waals surface area contributed by atoms with E-state index in [0.717, 1.165) is 24.0 Å². The third kappa shape index (κ3) is 3.90. The molecule has 0 unspecified atom stereocenters. The minimum absolute atomic E-state index is 0.0191. The number of carbonyl (C=O) groups is 1. The Labute approximate surface area is 196 Å². The maximum atomic E-state index is 13.4. The van der Waals surface area contributed by atoms with Crippen LogP contribution in [0.5, 0.6) is 0 Å². The van der Waals surface area contributed by atoms with E-state index in [1.807, 2.05) is 50.2 Å². The van der Waals surface area contributed by atoms with Crippen molar-refractivity contribution in [1.82, 2.24) is 19.3 Å². The predicted molar refractivity (Wildman–Crippen MR) is 129 cm³/mol. The van der Waals surface area contributed by atoms with Crippen molar-refractivity contribution in [2.24, 2.45) is 0 Å². The summed E-state index contributed by atoms with van der Waals surface area (Å²) < 4.78 is 8.96. The first-order chi connectivity index (χ1) is 16.4. The highest BCUT2D eigenvalue weighted by Crippen LogP contribution is 2.18. The maximum Gasteiger partial charge on any atom is 0.267 e. The average molecular weight is 458 g/mol. The van der Waals surface area contributed by atoms with Crippen molar-refractivity contribution < 1.29 is 9.53 Å². The van der Waals surface area contributed by atoms with Crippen molar-refractivity contribution in [3.05, 3.63) is 87.3 Å². The number of aryl methyl sites for hydroxylation is 1. The molecule has 1 saturated heterocycles. The standard InChI is InChI=1S/C26H27N5O3/c1-16-8-6-12-30-23(16)29-24-21(26(30)33)14-20(22(27)31(24)15-19-11-7-13-34-19)25(32)28-17(2)18-9-4-3-5-10-18/h3-6,8-10,12,14,17,19,27H,7,11,13,15H2,1-2H3,(H,28,32)/t17-,19-/m1/s1. The van der Waals surface area contributed by atoms with E-state index < -0.39 is 5.91 Å². The number of carbonyl (C=O) groups excluding carboxylic acids is 1. The number of amides is 1. The first kappa shape index (κ1) is 22.0. The second-order valence-corrected chi connectivity index (χ2v) is 8.80. The number of fused-ring (bicyclic) bond motifs is 2. The average Bonchev–Trinajstić information content (AvgIpc) is 3.35. The van der Waals surface area contributed by atoms with Gasteiger partial charge in [0.1, 0.15) is 16.8 Å². The SMILES string of the molecule is Cc1cccn2c(=O)c3cc(C(=O)N[C@H](C)c4ccccc4)c(=N)n(C[C@H]4CCCO4)c3nc12. The molecular formula is C26H27N5O3. The highest BCUT2D eigenvalue weighted by atomic mass is 16.5. The number of hydrogen-bond donors (Lipinski definition) is 2. The predicted octanol–water partition coefficient (Wildman–Crippen LogP) is 3.11. The lowest BCUT2D eigenvalue weighted by Crippen LogP contribution is -2.37. The molecular weight excluding hydrogens is 430 g/mol. The lowest BCUT2D eigenvalue weighted by atomic mass is 10.1. The van der Waals surface area contributed by atoms with Gasteiger partial charge in [-0.1, -0.05) is 36.4 Å². The molecule has 3 aromatic heterocycles. The van der Waals surface area contributed by atoms with Crippen LogP contribution >= 0.6 is 0 Å². The van der Waals surface area contributed by atoms with Gasteiger partial charge in [-0.25, -0.2) is 4.98 Å². The van der Waals surface area contributed by atoms with E-state index in [-0.39, 0.29) is 28.8 Å². The van der Waals surface area contributed by atoms with Crippen LogP contribution < -0.4 is 16.4 Å². The Bertz CT molecular complexity index is 1500. The van der Waals surface area contributed by atoms with E-state index in [1.165, 1.54) is 10.5 Å². The second kappa shape index (κ2) is 8.87. The molecule has 1 aliphatic rings. The van der Waals surface area contributed by atoms with Crippen molar-refractivity contribution in [3.8, 4) is 0 Å². The van der Waals surface area contributed by atoms with Crippen LogP contribution in [-0.2, 0) is 11.3 Å². The number of hydrogen-bond acceptors (Lipinski definition) is 5. The number of ether oxygens (including phenoxy) is 1. The fourth-order valence-electron chi connectivity index (χ4n) is 4.54. The maximum absolute atomic E-state index is 13.4. The highest BCUT2D eigenvalue weighted by molar-refractivity contribution is 5.97. The van der Waals surface area contributed by atoms with Crippen LogP contribution in [0.15, 0.2) is 59.5 Å². The summed E-state index contributed by atoms with van der Waals surface area (Å²) in [5, 5.41) is 12.2. The van der Waals surface area contributed by atoms with Crippen LogP contribution in [0.2, 0.25) is 0 Å². The first-order valence-corrected chi connectivity index (χ1v) is 11.5. The van der Waals surface area contributed by atoms with Gasteiger partial charge in [-0.2, -0.15) is 0 Å². The van der Waals surface area contributed by atoms with Crippen molar-refractivity contribution in [1.29, 1.82) is 5.41 Å². The monoisotopic (exact) mass is 457 g/mol. The molecule has 1 aliphatic heterocycles. The normalized spacial score (nSPS) is 16.7. The molecule has 2 atom stereocenters. The lowest BCUT2D eigenvalue weighted by molar-refractivity contribution is 0.0923. The largest absolute Gasteiger partial charge is 0.376 e. The Kier molecular flexibility index (Phi) is 5.75. The molecule has 8 heteroatoms. The van der Waals surface area contributed by atoms with Gasteiger partial charge in [0, 0.05) is 12.8 Å². The summed E-state index contributed by atoms with van der Waals surface area (Å²) in [5.74, 6) is -0.405. The third-order valence-corrected chi connectivity index (χ3v) is 6.44. The Morgan fingerprint density at radius 1 is 1.24 bits per heavy atom. The first-order valence-electron chi connectivity index (χ1n) is 11.5. The topological polar surface area (TPSA) is 101 Å². The number of nitrogens with zero attached hydrogens (tertiary/aromatic N) is 3. The van der Waals surface area contributed by atoms with Gasteiger partial charge in [-0.05, 0) is 49.9 Å². The van der Waals surface area contributed by atoms with E-state index in [1.54, 1.807) is 16.8 Å². The Morgan fingerprint density at radius 2 is 2.03 bits per heavy atom. The highest BCUT2D eigenvalue weighted by Gasteiger charge is 2.23. The number of aromatic nitrogens is 3. The zero-order chi connectivity index (χ0) is 23.8. The van der Waals surface area contributed by atoms with Crippen molar-refractivity contribution in [2.75, 3.05) is 6.61 Å². The van der Waals surface area contributed by atoms with Gasteiger partial charge < -0.3 is 14.6 Å².